The van der Waals surface area contributed by atoms with Crippen molar-refractivity contribution in [3.8, 4) is 0 Å². The molecule has 4 atom stereocenters. The monoisotopic (exact) mass is 303 g/mol. The van der Waals surface area contributed by atoms with Crippen LogP contribution in [0.25, 0.3) is 0 Å². The minimum atomic E-state index is 0.544. The lowest BCUT2D eigenvalue weighted by atomic mass is 10.0. The number of hydrogen-bond donors (Lipinski definition) is 1. The second-order valence-electron chi connectivity index (χ2n) is 5.68. The Kier molecular flexibility index (Phi) is 7.42. The number of hydrogen-bond acceptors (Lipinski definition) is 4. The van der Waals surface area contributed by atoms with E-state index in [-0.39, 0.29) is 0 Å². The lowest BCUT2D eigenvalue weighted by Crippen LogP contribution is -2.45. The molecule has 2 heterocycles. The molecule has 0 amide bonds. The molecule has 19 heavy (non-hydrogen) atoms. The van der Waals surface area contributed by atoms with E-state index >= 15 is 0 Å². The molecule has 2 aliphatic heterocycles. The van der Waals surface area contributed by atoms with E-state index in [1.807, 2.05) is 0 Å². The van der Waals surface area contributed by atoms with Gasteiger partial charge in [-0.05, 0) is 38.6 Å². The molecule has 1 N–H and O–H groups in total. The van der Waals surface area contributed by atoms with Crippen molar-refractivity contribution in [3.63, 3.8) is 0 Å². The van der Waals surface area contributed by atoms with E-state index in [0.29, 0.717) is 12.1 Å². The lowest BCUT2D eigenvalue weighted by molar-refractivity contribution is 0.0995. The molecule has 0 spiro atoms. The molecule has 4 unspecified atom stereocenters. The van der Waals surface area contributed by atoms with Crippen LogP contribution in [-0.4, -0.2) is 47.3 Å². The Labute approximate surface area is 127 Å². The third-order valence-electron chi connectivity index (χ3n) is 4.11. The molecule has 0 saturated carbocycles. The Morgan fingerprint density at radius 2 is 2.16 bits per heavy atom. The van der Waals surface area contributed by atoms with E-state index in [4.69, 9.17) is 4.74 Å². The molecule has 2 nitrogen and oxygen atoms in total. The van der Waals surface area contributed by atoms with E-state index in [2.05, 4.69) is 42.7 Å². The van der Waals surface area contributed by atoms with Crippen LogP contribution >= 0.6 is 23.5 Å². The average molecular weight is 304 g/mol. The van der Waals surface area contributed by atoms with Gasteiger partial charge in [-0.25, -0.2) is 0 Å². The van der Waals surface area contributed by atoms with Crippen LogP contribution in [0, 0.1) is 0 Å². The van der Waals surface area contributed by atoms with Gasteiger partial charge in [-0.3, -0.25) is 0 Å². The van der Waals surface area contributed by atoms with Gasteiger partial charge in [-0.15, -0.1) is 0 Å². The van der Waals surface area contributed by atoms with Crippen LogP contribution < -0.4 is 5.32 Å². The minimum Gasteiger partial charge on any atom is -0.378 e. The van der Waals surface area contributed by atoms with Gasteiger partial charge in [0.15, 0.2) is 0 Å². The topological polar surface area (TPSA) is 21.3 Å². The van der Waals surface area contributed by atoms with Gasteiger partial charge in [-0.1, -0.05) is 13.8 Å². The fourth-order valence-corrected chi connectivity index (χ4v) is 6.04. The van der Waals surface area contributed by atoms with Crippen LogP contribution in [0.4, 0.5) is 0 Å². The van der Waals surface area contributed by atoms with Gasteiger partial charge in [0.25, 0.3) is 0 Å². The largest absolute Gasteiger partial charge is 0.378 e. The van der Waals surface area contributed by atoms with Crippen LogP contribution in [0.1, 0.15) is 46.0 Å². The van der Waals surface area contributed by atoms with Crippen LogP contribution in [0.15, 0.2) is 0 Å². The van der Waals surface area contributed by atoms with Crippen LogP contribution in [0.3, 0.4) is 0 Å². The molecule has 0 aromatic heterocycles. The molecule has 2 rings (SSSR count). The molecule has 0 aromatic carbocycles. The predicted octanol–water partition coefficient (Wildman–Crippen LogP) is 3.55. The van der Waals surface area contributed by atoms with Gasteiger partial charge in [0, 0.05) is 34.7 Å². The highest BCUT2D eigenvalue weighted by Gasteiger charge is 2.30. The quantitative estimate of drug-likeness (QED) is 0.776. The first-order valence-corrected chi connectivity index (χ1v) is 9.99. The first kappa shape index (κ1) is 16.0. The van der Waals surface area contributed by atoms with Crippen molar-refractivity contribution in [3.05, 3.63) is 0 Å². The summed E-state index contributed by atoms with van der Waals surface area (Å²) in [5.74, 6) is 2.65. The van der Waals surface area contributed by atoms with Gasteiger partial charge in [0.2, 0.25) is 0 Å². The molecule has 0 radical (unpaired) electrons. The zero-order valence-corrected chi connectivity index (χ0v) is 14.0. The summed E-state index contributed by atoms with van der Waals surface area (Å²) in [7, 11) is 0. The molecule has 2 saturated heterocycles. The standard InChI is InChI=1S/C15H29NOS2/c1-3-8-16-14(7-6-13-5-4-9-17-13)15-12(2)18-10-11-19-15/h12-16H,3-11H2,1-2H3. The Bertz CT molecular complexity index is 246. The molecule has 112 valence electrons. The van der Waals surface area contributed by atoms with E-state index in [1.54, 1.807) is 0 Å². The molecule has 4 heteroatoms. The van der Waals surface area contributed by atoms with Crippen molar-refractivity contribution >= 4 is 23.5 Å². The fraction of sp³-hybridized carbons (Fsp3) is 1.00. The summed E-state index contributed by atoms with van der Waals surface area (Å²) in [6, 6.07) is 0.678. The van der Waals surface area contributed by atoms with Crippen molar-refractivity contribution in [2.24, 2.45) is 0 Å². The van der Waals surface area contributed by atoms with Gasteiger partial charge < -0.3 is 10.1 Å². The second-order valence-corrected chi connectivity index (χ2v) is 8.46. The van der Waals surface area contributed by atoms with Gasteiger partial charge in [-0.2, -0.15) is 23.5 Å². The van der Waals surface area contributed by atoms with E-state index < -0.39 is 0 Å². The van der Waals surface area contributed by atoms with Crippen molar-refractivity contribution in [1.82, 2.24) is 5.32 Å². The van der Waals surface area contributed by atoms with E-state index in [1.165, 1.54) is 43.6 Å². The Morgan fingerprint density at radius 3 is 2.84 bits per heavy atom. The van der Waals surface area contributed by atoms with E-state index in [0.717, 1.165) is 23.7 Å². The van der Waals surface area contributed by atoms with Crippen LogP contribution in [0.2, 0.25) is 0 Å². The SMILES string of the molecule is CCCNC(CCC1CCCO1)C1SCCSC1C. The molecule has 2 aliphatic rings. The first-order chi connectivity index (χ1) is 9.31. The number of thioether (sulfide) groups is 2. The lowest BCUT2D eigenvalue weighted by Gasteiger charge is -2.35. The third-order valence-corrected chi connectivity index (χ3v) is 7.36. The first-order valence-electron chi connectivity index (χ1n) is 7.89. The van der Waals surface area contributed by atoms with Crippen LogP contribution in [0.5, 0.6) is 0 Å². The maximum Gasteiger partial charge on any atom is 0.0576 e. The maximum absolute atomic E-state index is 5.78. The predicted molar refractivity (Wildman–Crippen MR) is 88.5 cm³/mol. The smallest absolute Gasteiger partial charge is 0.0576 e. The zero-order chi connectivity index (χ0) is 13.5. The number of ether oxygens (including phenoxy) is 1. The highest BCUT2D eigenvalue weighted by Crippen LogP contribution is 2.34. The van der Waals surface area contributed by atoms with E-state index in [9.17, 15) is 0 Å². The Hall–Kier alpha value is 0.620. The molecule has 0 bridgehead atoms. The summed E-state index contributed by atoms with van der Waals surface area (Å²) in [6.07, 6.45) is 6.85. The van der Waals surface area contributed by atoms with Crippen molar-refractivity contribution in [2.45, 2.75) is 68.6 Å². The zero-order valence-electron chi connectivity index (χ0n) is 12.4. The molecule has 2 fully saturated rings. The molecule has 0 aromatic rings. The fourth-order valence-electron chi connectivity index (χ4n) is 3.04. The highest BCUT2D eigenvalue weighted by molar-refractivity contribution is 8.07. The van der Waals surface area contributed by atoms with Gasteiger partial charge in [0.05, 0.1) is 6.10 Å². The summed E-state index contributed by atoms with van der Waals surface area (Å²) < 4.78 is 5.78. The molecular weight excluding hydrogens is 274 g/mol. The van der Waals surface area contributed by atoms with Crippen molar-refractivity contribution in [1.29, 1.82) is 0 Å². The number of nitrogens with one attached hydrogen (secondary N) is 1. The van der Waals surface area contributed by atoms with Gasteiger partial charge >= 0.3 is 0 Å². The maximum atomic E-state index is 5.78. The summed E-state index contributed by atoms with van der Waals surface area (Å²) in [5, 5.41) is 5.38. The minimum absolute atomic E-state index is 0.544. The summed E-state index contributed by atoms with van der Waals surface area (Å²) >= 11 is 4.34. The Balaban J connectivity index is 1.82. The summed E-state index contributed by atoms with van der Waals surface area (Å²) in [6.45, 7) is 6.82. The number of rotatable bonds is 7. The summed E-state index contributed by atoms with van der Waals surface area (Å²) in [4.78, 5) is 0. The van der Waals surface area contributed by atoms with Crippen molar-refractivity contribution in [2.75, 3.05) is 24.7 Å². The van der Waals surface area contributed by atoms with Crippen LogP contribution in [-0.2, 0) is 4.74 Å². The second kappa shape index (κ2) is 8.81. The molecule has 0 aliphatic carbocycles. The Morgan fingerprint density at radius 1 is 1.32 bits per heavy atom. The summed E-state index contributed by atoms with van der Waals surface area (Å²) in [5.41, 5.74) is 0. The normalized spacial score (nSPS) is 33.5. The highest BCUT2D eigenvalue weighted by atomic mass is 32.2. The third kappa shape index (κ3) is 5.14. The van der Waals surface area contributed by atoms with Gasteiger partial charge in [0.1, 0.15) is 0 Å². The van der Waals surface area contributed by atoms with Crippen molar-refractivity contribution < 1.29 is 4.74 Å². The molecular formula is C15H29NOS2. The average Bonchev–Trinajstić information content (AvgIpc) is 2.93.